The van der Waals surface area contributed by atoms with Crippen molar-refractivity contribution < 1.29 is 29.0 Å². The Hall–Kier alpha value is -5.22. The molecule has 0 saturated carbocycles. The van der Waals surface area contributed by atoms with Crippen molar-refractivity contribution in [3.8, 4) is 17.2 Å². The molecule has 10 heteroatoms. The van der Waals surface area contributed by atoms with E-state index in [0.717, 1.165) is 4.90 Å². The Morgan fingerprint density at radius 1 is 0.867 bits per heavy atom. The summed E-state index contributed by atoms with van der Waals surface area (Å²) in [4.78, 5) is 40.6. The number of phenols is 1. The number of benzene rings is 4. The molecule has 0 fully saturated rings. The normalized spacial score (nSPS) is 11.7. The monoisotopic (exact) mass is 625 g/mol. The topological polar surface area (TPSA) is 126 Å². The van der Waals surface area contributed by atoms with Gasteiger partial charge < -0.3 is 30.5 Å². The number of methoxy groups -OCH3 is 1. The molecule has 45 heavy (non-hydrogen) atoms. The number of anilines is 2. The minimum Gasteiger partial charge on any atom is -0.508 e. The van der Waals surface area contributed by atoms with Crippen LogP contribution in [0.25, 0.3) is 6.08 Å². The van der Waals surface area contributed by atoms with Gasteiger partial charge in [-0.1, -0.05) is 43.3 Å². The van der Waals surface area contributed by atoms with Crippen molar-refractivity contribution in [3.63, 3.8) is 0 Å². The van der Waals surface area contributed by atoms with Gasteiger partial charge in [-0.05, 0) is 74.0 Å². The number of phenolic OH excluding ortho intramolecular Hbond substituents is 1. The predicted octanol–water partition coefficient (Wildman–Crippen LogP) is 6.72. The summed E-state index contributed by atoms with van der Waals surface area (Å²) in [6, 6.07) is 27.4. The molecule has 0 aromatic heterocycles. The Morgan fingerprint density at radius 2 is 1.62 bits per heavy atom. The molecule has 3 amide bonds. The summed E-state index contributed by atoms with van der Waals surface area (Å²) < 4.78 is 11.0. The van der Waals surface area contributed by atoms with E-state index in [9.17, 15) is 19.5 Å². The number of aromatic hydroxyl groups is 1. The van der Waals surface area contributed by atoms with E-state index in [0.29, 0.717) is 47.0 Å². The molecule has 9 nitrogen and oxygen atoms in total. The van der Waals surface area contributed by atoms with E-state index in [1.807, 2.05) is 38.1 Å². The average Bonchev–Trinajstić information content (AvgIpc) is 3.05. The van der Waals surface area contributed by atoms with Crippen LogP contribution in [0.3, 0.4) is 0 Å². The summed E-state index contributed by atoms with van der Waals surface area (Å²) in [6.07, 6.45) is 2.04. The number of hydrogen-bond acceptors (Lipinski definition) is 7. The van der Waals surface area contributed by atoms with Crippen molar-refractivity contribution >= 4 is 46.9 Å². The highest BCUT2D eigenvalue weighted by atomic mass is 32.2. The van der Waals surface area contributed by atoms with E-state index in [-0.39, 0.29) is 17.4 Å². The van der Waals surface area contributed by atoms with Crippen molar-refractivity contribution in [1.29, 1.82) is 0 Å². The molecular formula is C35H35N3O6S. The van der Waals surface area contributed by atoms with Crippen molar-refractivity contribution in [2.75, 3.05) is 24.4 Å². The van der Waals surface area contributed by atoms with Gasteiger partial charge in [0.25, 0.3) is 11.8 Å². The SMILES string of the molecule is CCOc1ccccc1NC(=O)C(CC)Sc1cccc(NC(=O)/C(=C\c2ccc(O)cc2OC)NC(=O)c2ccccc2)c1. The van der Waals surface area contributed by atoms with Crippen LogP contribution in [0.15, 0.2) is 108 Å². The molecule has 1 atom stereocenters. The maximum absolute atomic E-state index is 13.6. The molecule has 232 valence electrons. The number of para-hydroxylation sites is 2. The van der Waals surface area contributed by atoms with E-state index in [2.05, 4.69) is 16.0 Å². The van der Waals surface area contributed by atoms with Crippen LogP contribution >= 0.6 is 11.8 Å². The number of thioether (sulfide) groups is 1. The zero-order valence-corrected chi connectivity index (χ0v) is 26.0. The maximum Gasteiger partial charge on any atom is 0.272 e. The lowest BCUT2D eigenvalue weighted by Gasteiger charge is -2.17. The number of carbonyl (C=O) groups excluding carboxylic acids is 3. The first kappa shape index (κ1) is 32.7. The number of carbonyl (C=O) groups is 3. The van der Waals surface area contributed by atoms with E-state index < -0.39 is 17.1 Å². The largest absolute Gasteiger partial charge is 0.508 e. The van der Waals surface area contributed by atoms with Gasteiger partial charge in [0.05, 0.1) is 24.7 Å². The first-order valence-electron chi connectivity index (χ1n) is 14.4. The first-order chi connectivity index (χ1) is 21.8. The summed E-state index contributed by atoms with van der Waals surface area (Å²) in [7, 11) is 1.44. The van der Waals surface area contributed by atoms with Gasteiger partial charge in [-0.25, -0.2) is 0 Å². The van der Waals surface area contributed by atoms with Gasteiger partial charge in [-0.15, -0.1) is 11.8 Å². The Morgan fingerprint density at radius 3 is 2.36 bits per heavy atom. The van der Waals surface area contributed by atoms with Gasteiger partial charge in [0.2, 0.25) is 5.91 Å². The Kier molecular flexibility index (Phi) is 11.6. The van der Waals surface area contributed by atoms with Crippen LogP contribution in [0, 0.1) is 0 Å². The molecule has 0 aliphatic carbocycles. The second-order valence-corrected chi connectivity index (χ2v) is 11.0. The molecule has 4 N–H and O–H groups in total. The Bertz CT molecular complexity index is 1680. The fourth-order valence-corrected chi connectivity index (χ4v) is 5.33. The second-order valence-electron chi connectivity index (χ2n) is 9.72. The third kappa shape index (κ3) is 9.14. The molecule has 0 aliphatic rings. The lowest BCUT2D eigenvalue weighted by Crippen LogP contribution is -2.30. The quantitative estimate of drug-likeness (QED) is 0.0960. The standard InChI is InChI=1S/C35H35N3O6S/c1-4-32(35(42)37-28-16-9-10-17-30(28)44-5-2)45-27-15-11-14-25(21-27)36-34(41)29(38-33(40)23-12-7-6-8-13-23)20-24-18-19-26(39)22-31(24)43-3/h6-22,32,39H,4-5H2,1-3H3,(H,36,41)(H,37,42)(H,38,40)/b29-20+. The van der Waals surface area contributed by atoms with Crippen molar-refractivity contribution in [1.82, 2.24) is 5.32 Å². The molecule has 0 radical (unpaired) electrons. The van der Waals surface area contributed by atoms with Gasteiger partial charge >= 0.3 is 0 Å². The van der Waals surface area contributed by atoms with Crippen LogP contribution < -0.4 is 25.4 Å². The van der Waals surface area contributed by atoms with Gasteiger partial charge in [0.1, 0.15) is 22.9 Å². The zero-order valence-electron chi connectivity index (χ0n) is 25.2. The van der Waals surface area contributed by atoms with Crippen molar-refractivity contribution in [2.45, 2.75) is 30.4 Å². The fraction of sp³-hybridized carbons (Fsp3) is 0.171. The third-order valence-corrected chi connectivity index (χ3v) is 7.88. The van der Waals surface area contributed by atoms with Gasteiger partial charge in [0, 0.05) is 27.8 Å². The second kappa shape index (κ2) is 16.0. The van der Waals surface area contributed by atoms with E-state index in [1.54, 1.807) is 60.7 Å². The number of ether oxygens (including phenoxy) is 2. The Labute approximate surface area is 266 Å². The van der Waals surface area contributed by atoms with E-state index in [4.69, 9.17) is 9.47 Å². The average molecular weight is 626 g/mol. The molecule has 0 aliphatic heterocycles. The fourth-order valence-electron chi connectivity index (χ4n) is 4.31. The van der Waals surface area contributed by atoms with Crippen LogP contribution in [0.2, 0.25) is 0 Å². The highest BCUT2D eigenvalue weighted by molar-refractivity contribution is 8.00. The molecule has 4 aromatic rings. The molecule has 1 unspecified atom stereocenters. The minimum atomic E-state index is -0.575. The van der Waals surface area contributed by atoms with Gasteiger partial charge in [0.15, 0.2) is 0 Å². The van der Waals surface area contributed by atoms with Crippen LogP contribution in [0.1, 0.15) is 36.2 Å². The molecule has 0 bridgehead atoms. The summed E-state index contributed by atoms with van der Waals surface area (Å²) in [6.45, 7) is 4.29. The predicted molar refractivity (Wildman–Crippen MR) is 178 cm³/mol. The molecule has 0 spiro atoms. The smallest absolute Gasteiger partial charge is 0.272 e. The number of nitrogens with one attached hydrogen (secondary N) is 3. The number of rotatable bonds is 13. The minimum absolute atomic E-state index is 0.00444. The van der Waals surface area contributed by atoms with Crippen LogP contribution in [-0.4, -0.2) is 41.8 Å². The zero-order chi connectivity index (χ0) is 32.2. The van der Waals surface area contributed by atoms with E-state index >= 15 is 0 Å². The summed E-state index contributed by atoms with van der Waals surface area (Å²) in [5.74, 6) is -0.293. The van der Waals surface area contributed by atoms with Crippen LogP contribution in [0.4, 0.5) is 11.4 Å². The van der Waals surface area contributed by atoms with Gasteiger partial charge in [-0.2, -0.15) is 0 Å². The van der Waals surface area contributed by atoms with E-state index in [1.165, 1.54) is 37.1 Å². The van der Waals surface area contributed by atoms with Gasteiger partial charge in [-0.3, -0.25) is 14.4 Å². The van der Waals surface area contributed by atoms with Crippen LogP contribution in [-0.2, 0) is 9.59 Å². The highest BCUT2D eigenvalue weighted by Gasteiger charge is 2.21. The van der Waals surface area contributed by atoms with Crippen molar-refractivity contribution in [3.05, 3.63) is 114 Å². The highest BCUT2D eigenvalue weighted by Crippen LogP contribution is 2.31. The Balaban J connectivity index is 1.53. The molecule has 0 saturated heterocycles. The van der Waals surface area contributed by atoms with Crippen molar-refractivity contribution in [2.24, 2.45) is 0 Å². The maximum atomic E-state index is 13.6. The number of hydrogen-bond donors (Lipinski definition) is 4. The number of amides is 3. The lowest BCUT2D eigenvalue weighted by molar-refractivity contribution is -0.116. The third-order valence-electron chi connectivity index (χ3n) is 6.52. The first-order valence-corrected chi connectivity index (χ1v) is 15.2. The lowest BCUT2D eigenvalue weighted by atomic mass is 10.1. The molecule has 0 heterocycles. The summed E-state index contributed by atoms with van der Waals surface area (Å²) in [5.41, 5.74) is 1.89. The molecule has 4 rings (SSSR count). The van der Waals surface area contributed by atoms with Crippen LogP contribution in [0.5, 0.6) is 17.2 Å². The summed E-state index contributed by atoms with van der Waals surface area (Å²) in [5, 5.41) is 18.0. The molecule has 4 aromatic carbocycles. The summed E-state index contributed by atoms with van der Waals surface area (Å²) >= 11 is 1.37. The molecular weight excluding hydrogens is 590 g/mol.